The van der Waals surface area contributed by atoms with Crippen LogP contribution in [-0.2, 0) is 0 Å². The fraction of sp³-hybridized carbons (Fsp3) is 0.444. The normalized spacial score (nSPS) is 27.9. The zero-order valence-electron chi connectivity index (χ0n) is 5.81. The first kappa shape index (κ1) is 6.14. The van der Waals surface area contributed by atoms with Gasteiger partial charge in [0.05, 0.1) is 0 Å². The van der Waals surface area contributed by atoms with Crippen LogP contribution in [-0.4, -0.2) is 5.67 Å². The molecule has 0 amide bonds. The predicted octanol–water partition coefficient (Wildman–Crippen LogP) is 2.58. The van der Waals surface area contributed by atoms with Crippen LogP contribution >= 0.6 is 0 Å². The van der Waals surface area contributed by atoms with Gasteiger partial charge in [-0.3, -0.25) is 0 Å². The molecule has 0 heterocycles. The third kappa shape index (κ3) is 0.898. The quantitative estimate of drug-likeness (QED) is 0.521. The third-order valence-electron chi connectivity index (χ3n) is 2.09. The van der Waals surface area contributed by atoms with Crippen molar-refractivity contribution < 1.29 is 4.39 Å². The summed E-state index contributed by atoms with van der Waals surface area (Å²) in [6.07, 6.45) is 10.2. The van der Waals surface area contributed by atoms with Gasteiger partial charge in [0.25, 0.3) is 0 Å². The van der Waals surface area contributed by atoms with E-state index in [4.69, 9.17) is 0 Å². The largest absolute Gasteiger partial charge is 0.239 e. The van der Waals surface area contributed by atoms with E-state index in [2.05, 4.69) is 0 Å². The molecule has 0 aromatic heterocycles. The summed E-state index contributed by atoms with van der Waals surface area (Å²) in [5.41, 5.74) is -0.0277. The van der Waals surface area contributed by atoms with Gasteiger partial charge in [0.1, 0.15) is 5.67 Å². The van der Waals surface area contributed by atoms with Crippen LogP contribution in [0.3, 0.4) is 0 Å². The van der Waals surface area contributed by atoms with Crippen LogP contribution in [0.5, 0.6) is 0 Å². The Labute approximate surface area is 60.4 Å². The first-order chi connectivity index (χ1) is 4.81. The Balaban J connectivity index is 2.17. The van der Waals surface area contributed by atoms with Crippen molar-refractivity contribution in [3.63, 3.8) is 0 Å². The maximum absolute atomic E-state index is 13.3. The van der Waals surface area contributed by atoms with Crippen molar-refractivity contribution in [2.45, 2.75) is 24.9 Å². The molecule has 0 N–H and O–H groups in total. The molecule has 0 atom stereocenters. The molecule has 10 heavy (non-hydrogen) atoms. The highest BCUT2D eigenvalue weighted by Crippen LogP contribution is 2.47. The lowest BCUT2D eigenvalue weighted by molar-refractivity contribution is 0.366. The van der Waals surface area contributed by atoms with Crippen molar-refractivity contribution in [1.82, 2.24) is 0 Å². The van der Waals surface area contributed by atoms with Gasteiger partial charge in [-0.2, -0.15) is 0 Å². The summed E-state index contributed by atoms with van der Waals surface area (Å²) >= 11 is 0. The second-order valence-corrected chi connectivity index (χ2v) is 2.96. The Bertz CT molecular complexity index is 197. The molecule has 53 valence electrons. The summed E-state index contributed by atoms with van der Waals surface area (Å²) in [6.45, 7) is 0. The highest BCUT2D eigenvalue weighted by Gasteiger charge is 2.45. The van der Waals surface area contributed by atoms with E-state index in [1.165, 1.54) is 0 Å². The Hall–Kier alpha value is -0.590. The van der Waals surface area contributed by atoms with Gasteiger partial charge >= 0.3 is 0 Å². The molecule has 0 bridgehead atoms. The number of rotatable bonds is 1. The van der Waals surface area contributed by atoms with Gasteiger partial charge in [-0.1, -0.05) is 18.2 Å². The van der Waals surface area contributed by atoms with E-state index in [-0.39, 0.29) is 0 Å². The van der Waals surface area contributed by atoms with Crippen LogP contribution in [0.2, 0.25) is 0 Å². The first-order valence-corrected chi connectivity index (χ1v) is 3.71. The number of alkyl halides is 1. The number of allylic oxidation sites excluding steroid dienone is 4. The summed E-state index contributed by atoms with van der Waals surface area (Å²) in [6, 6.07) is 0. The van der Waals surface area contributed by atoms with Gasteiger partial charge in [-0.25, -0.2) is 4.39 Å². The number of halogens is 1. The van der Waals surface area contributed by atoms with Crippen molar-refractivity contribution in [1.29, 1.82) is 0 Å². The average molecular weight is 137 g/mol. The zero-order chi connectivity index (χ0) is 7.03. The molecule has 1 saturated carbocycles. The van der Waals surface area contributed by atoms with Crippen LogP contribution in [0.25, 0.3) is 0 Å². The monoisotopic (exact) mass is 137 g/mol. The van der Waals surface area contributed by atoms with Crippen molar-refractivity contribution >= 4 is 0 Å². The summed E-state index contributed by atoms with van der Waals surface area (Å²) < 4.78 is 13.3. The van der Waals surface area contributed by atoms with Gasteiger partial charge in [-0.05, 0) is 31.3 Å². The molecule has 1 heteroatoms. The molecule has 0 spiro atoms. The van der Waals surface area contributed by atoms with Gasteiger partial charge in [0.15, 0.2) is 0 Å². The van der Waals surface area contributed by atoms with E-state index >= 15 is 0 Å². The van der Waals surface area contributed by atoms with Gasteiger partial charge in [0, 0.05) is 0 Å². The lowest BCUT2D eigenvalue weighted by Crippen LogP contribution is -2.03. The SMILES string of the molecule is FC1(C2=CC[CH]C=C2)CC1. The molecule has 2 aliphatic rings. The second-order valence-electron chi connectivity index (χ2n) is 2.96. The van der Waals surface area contributed by atoms with E-state index in [1.807, 2.05) is 24.6 Å². The van der Waals surface area contributed by atoms with Gasteiger partial charge in [0.2, 0.25) is 0 Å². The molecule has 0 aliphatic heterocycles. The fourth-order valence-corrected chi connectivity index (χ4v) is 1.24. The van der Waals surface area contributed by atoms with Crippen molar-refractivity contribution in [2.75, 3.05) is 0 Å². The van der Waals surface area contributed by atoms with Crippen LogP contribution in [0.15, 0.2) is 23.8 Å². The number of hydrogen-bond donors (Lipinski definition) is 0. The van der Waals surface area contributed by atoms with E-state index < -0.39 is 5.67 Å². The van der Waals surface area contributed by atoms with Crippen LogP contribution in [0, 0.1) is 6.42 Å². The van der Waals surface area contributed by atoms with E-state index in [1.54, 1.807) is 0 Å². The molecule has 2 aliphatic carbocycles. The maximum Gasteiger partial charge on any atom is 0.136 e. The van der Waals surface area contributed by atoms with E-state index in [9.17, 15) is 4.39 Å². The molecule has 0 aromatic rings. The maximum atomic E-state index is 13.3. The summed E-state index contributed by atoms with van der Waals surface area (Å²) in [5.74, 6) is 0. The minimum absolute atomic E-state index is 0.725. The van der Waals surface area contributed by atoms with Crippen LogP contribution < -0.4 is 0 Å². The topological polar surface area (TPSA) is 0 Å². The third-order valence-corrected chi connectivity index (χ3v) is 2.09. The first-order valence-electron chi connectivity index (χ1n) is 3.71. The Morgan fingerprint density at radius 2 is 2.20 bits per heavy atom. The average Bonchev–Trinajstić information content (AvgIpc) is 2.72. The smallest absolute Gasteiger partial charge is 0.136 e. The Morgan fingerprint density at radius 1 is 1.40 bits per heavy atom. The molecule has 1 fully saturated rings. The van der Waals surface area contributed by atoms with Gasteiger partial charge < -0.3 is 0 Å². The zero-order valence-corrected chi connectivity index (χ0v) is 5.81. The van der Waals surface area contributed by atoms with E-state index in [0.29, 0.717) is 0 Å². The molecule has 0 unspecified atom stereocenters. The van der Waals surface area contributed by atoms with Crippen molar-refractivity contribution in [2.24, 2.45) is 0 Å². The van der Waals surface area contributed by atoms with E-state index in [0.717, 1.165) is 24.8 Å². The van der Waals surface area contributed by atoms with Gasteiger partial charge in [-0.15, -0.1) is 0 Å². The Morgan fingerprint density at radius 3 is 2.70 bits per heavy atom. The molecule has 0 aromatic carbocycles. The summed E-state index contributed by atoms with van der Waals surface area (Å²) in [7, 11) is 0. The lowest BCUT2D eigenvalue weighted by atomic mass is 10.0. The molecular formula is C9H10F. The van der Waals surface area contributed by atoms with Crippen LogP contribution in [0.1, 0.15) is 19.3 Å². The fourth-order valence-electron chi connectivity index (χ4n) is 1.24. The number of hydrogen-bond acceptors (Lipinski definition) is 0. The molecule has 0 nitrogen and oxygen atoms in total. The highest BCUT2D eigenvalue weighted by atomic mass is 19.1. The second kappa shape index (κ2) is 1.94. The van der Waals surface area contributed by atoms with Crippen LogP contribution in [0.4, 0.5) is 4.39 Å². The predicted molar refractivity (Wildman–Crippen MR) is 39.2 cm³/mol. The van der Waals surface area contributed by atoms with Crippen molar-refractivity contribution in [3.8, 4) is 0 Å². The summed E-state index contributed by atoms with van der Waals surface area (Å²) in [4.78, 5) is 0. The standard InChI is InChI=1S/C9H10F/c10-9(6-7-9)8-4-2-1-3-5-8/h1-2,4-5H,3,6-7H2. The highest BCUT2D eigenvalue weighted by molar-refractivity contribution is 5.38. The van der Waals surface area contributed by atoms with Crippen molar-refractivity contribution in [3.05, 3.63) is 30.2 Å². The molecule has 1 radical (unpaired) electrons. The summed E-state index contributed by atoms with van der Waals surface area (Å²) in [5, 5.41) is 0. The Kier molecular flexibility index (Phi) is 1.19. The minimum atomic E-state index is -0.926. The lowest BCUT2D eigenvalue weighted by Gasteiger charge is -2.08. The molecule has 0 saturated heterocycles. The molecular weight excluding hydrogens is 127 g/mol. The molecule has 2 rings (SSSR count). The minimum Gasteiger partial charge on any atom is -0.239 e.